The molecule has 0 aliphatic rings. The summed E-state index contributed by atoms with van der Waals surface area (Å²) in [6.07, 6.45) is 0. The molecule has 0 unspecified atom stereocenters. The zero-order chi connectivity index (χ0) is 30.5. The lowest BCUT2D eigenvalue weighted by molar-refractivity contribution is 0.316. The highest BCUT2D eigenvalue weighted by Gasteiger charge is 2.29. The molecule has 2 aromatic heterocycles. The topological polar surface area (TPSA) is 123 Å². The molecule has 0 saturated carbocycles. The van der Waals surface area contributed by atoms with Gasteiger partial charge in [-0.05, 0) is 45.7 Å². The molecule has 0 fully saturated rings. The second-order valence-electron chi connectivity index (χ2n) is 9.85. The van der Waals surface area contributed by atoms with Crippen molar-refractivity contribution >= 4 is 32.7 Å². The minimum absolute atomic E-state index is 0.0580. The third kappa shape index (κ3) is 3.85. The molecule has 10 heteroatoms. The van der Waals surface area contributed by atoms with Crippen LogP contribution < -0.4 is 0 Å². The molecule has 7 aromatic rings. The van der Waals surface area contributed by atoms with E-state index in [-0.39, 0.29) is 16.6 Å². The van der Waals surface area contributed by atoms with Crippen molar-refractivity contribution in [2.24, 2.45) is 0 Å². The lowest BCUT2D eigenvalue weighted by Gasteiger charge is -2.15. The molecular formula is C34H13F3N6O. The summed E-state index contributed by atoms with van der Waals surface area (Å²) >= 11 is 0. The Bertz CT molecular complexity index is 2410. The molecule has 5 aromatic carbocycles. The fourth-order valence-electron chi connectivity index (χ4n) is 5.44. The number of benzene rings is 5. The van der Waals surface area contributed by atoms with Gasteiger partial charge in [0, 0.05) is 27.3 Å². The number of rotatable bonds is 3. The monoisotopic (exact) mass is 578 g/mol. The predicted octanol–water partition coefficient (Wildman–Crippen LogP) is 7.96. The van der Waals surface area contributed by atoms with Crippen molar-refractivity contribution < 1.29 is 17.8 Å². The molecular weight excluding hydrogens is 565 g/mol. The highest BCUT2D eigenvalue weighted by molar-refractivity contribution is 6.23. The van der Waals surface area contributed by atoms with E-state index in [0.717, 1.165) is 11.1 Å². The van der Waals surface area contributed by atoms with Gasteiger partial charge in [-0.3, -0.25) is 0 Å². The summed E-state index contributed by atoms with van der Waals surface area (Å²) in [4.78, 5) is 4.96. The number of pyridine rings is 1. The van der Waals surface area contributed by atoms with Crippen molar-refractivity contribution in [3.63, 3.8) is 0 Å². The van der Waals surface area contributed by atoms with Gasteiger partial charge in [-0.2, -0.15) is 15.8 Å². The maximum absolute atomic E-state index is 15.6. The van der Waals surface area contributed by atoms with E-state index < -0.39 is 34.1 Å². The number of nitriles is 3. The summed E-state index contributed by atoms with van der Waals surface area (Å²) in [7, 11) is 0. The van der Waals surface area contributed by atoms with Gasteiger partial charge in [-0.1, -0.05) is 54.6 Å². The van der Waals surface area contributed by atoms with Gasteiger partial charge in [-0.15, -0.1) is 0 Å². The van der Waals surface area contributed by atoms with Crippen molar-refractivity contribution in [1.29, 1.82) is 15.8 Å². The molecule has 2 heterocycles. The average Bonchev–Trinajstić information content (AvgIpc) is 3.55. The Labute approximate surface area is 246 Å². The van der Waals surface area contributed by atoms with E-state index in [9.17, 15) is 20.2 Å². The van der Waals surface area contributed by atoms with Crippen molar-refractivity contribution in [1.82, 2.24) is 15.3 Å². The van der Waals surface area contributed by atoms with Crippen molar-refractivity contribution in [3.05, 3.63) is 113 Å². The van der Waals surface area contributed by atoms with Crippen LogP contribution in [-0.2, 0) is 0 Å². The second kappa shape index (κ2) is 10.1. The maximum Gasteiger partial charge on any atom is 0.164 e. The van der Waals surface area contributed by atoms with Gasteiger partial charge >= 0.3 is 0 Å². The van der Waals surface area contributed by atoms with Crippen LogP contribution in [0.4, 0.5) is 13.2 Å². The Hall–Kier alpha value is -6.57. The standard InChI is InChI=1S/C34H13F3N6O/c35-29-24(15-39)30(36)28(31(37)25(29)16-40)23-13-22-27(34-33(23)42-44-43-34)21-11-10-20(18-8-6-17(14-38)7-9-18)12-26(21)41-32(22)19-4-2-1-3-5-19/h1-13H. The van der Waals surface area contributed by atoms with Gasteiger partial charge in [-0.25, -0.2) is 22.8 Å². The van der Waals surface area contributed by atoms with E-state index in [1.807, 2.05) is 60.7 Å². The number of hydrogen-bond acceptors (Lipinski definition) is 7. The molecule has 0 saturated heterocycles. The molecule has 0 atom stereocenters. The maximum atomic E-state index is 15.6. The molecule has 7 nitrogen and oxygen atoms in total. The third-order valence-electron chi connectivity index (χ3n) is 7.50. The fourth-order valence-corrected chi connectivity index (χ4v) is 5.44. The zero-order valence-corrected chi connectivity index (χ0v) is 22.2. The molecule has 0 spiro atoms. The van der Waals surface area contributed by atoms with Crippen molar-refractivity contribution in [2.75, 3.05) is 0 Å². The number of nitrogens with zero attached hydrogens (tertiary/aromatic N) is 6. The van der Waals surface area contributed by atoms with Crippen LogP contribution in [0.5, 0.6) is 0 Å². The zero-order valence-electron chi connectivity index (χ0n) is 22.2. The first-order chi connectivity index (χ1) is 21.4. The summed E-state index contributed by atoms with van der Waals surface area (Å²) in [5.74, 6) is -4.54. The van der Waals surface area contributed by atoms with Crippen LogP contribution in [0, 0.1) is 51.4 Å². The molecule has 0 N–H and O–H groups in total. The van der Waals surface area contributed by atoms with Crippen molar-refractivity contribution in [2.45, 2.75) is 0 Å². The van der Waals surface area contributed by atoms with Crippen LogP contribution >= 0.6 is 0 Å². The number of aromatic nitrogens is 3. The lowest BCUT2D eigenvalue weighted by Crippen LogP contribution is -2.04. The van der Waals surface area contributed by atoms with Crippen LogP contribution in [0.2, 0.25) is 0 Å². The van der Waals surface area contributed by atoms with E-state index in [0.29, 0.717) is 38.5 Å². The number of halogens is 3. The summed E-state index contributed by atoms with van der Waals surface area (Å²) in [5.41, 5.74) is 0.820. The fraction of sp³-hybridized carbons (Fsp3) is 0. The first-order valence-corrected chi connectivity index (χ1v) is 13.0. The van der Waals surface area contributed by atoms with Gasteiger partial charge in [0.05, 0.1) is 28.4 Å². The third-order valence-corrected chi connectivity index (χ3v) is 7.50. The summed E-state index contributed by atoms with van der Waals surface area (Å²) in [5, 5.41) is 37.6. The van der Waals surface area contributed by atoms with Gasteiger partial charge < -0.3 is 0 Å². The van der Waals surface area contributed by atoms with Crippen LogP contribution in [0.3, 0.4) is 0 Å². The van der Waals surface area contributed by atoms with E-state index in [1.165, 1.54) is 18.2 Å². The highest BCUT2D eigenvalue weighted by atomic mass is 19.1. The quantitative estimate of drug-likeness (QED) is 0.195. The van der Waals surface area contributed by atoms with E-state index in [2.05, 4.69) is 16.4 Å². The van der Waals surface area contributed by atoms with Crippen LogP contribution in [0.1, 0.15) is 16.7 Å². The van der Waals surface area contributed by atoms with Crippen LogP contribution in [0.15, 0.2) is 83.5 Å². The minimum Gasteiger partial charge on any atom is -0.247 e. The van der Waals surface area contributed by atoms with E-state index >= 15 is 8.78 Å². The first kappa shape index (κ1) is 26.3. The van der Waals surface area contributed by atoms with Gasteiger partial charge in [0.25, 0.3) is 0 Å². The first-order valence-electron chi connectivity index (χ1n) is 13.0. The largest absolute Gasteiger partial charge is 0.247 e. The Balaban J connectivity index is 1.61. The molecule has 0 aliphatic heterocycles. The second-order valence-corrected chi connectivity index (χ2v) is 9.85. The Morgan fingerprint density at radius 2 is 1.27 bits per heavy atom. The van der Waals surface area contributed by atoms with Gasteiger partial charge in [0.2, 0.25) is 0 Å². The SMILES string of the molecule is N#Cc1ccc(-c2ccc3c(c2)nc(-c2ccccc2)c2cc(-c4c(F)c(C#N)c(F)c(C#N)c4F)c4nonc4c23)cc1. The van der Waals surface area contributed by atoms with Crippen LogP contribution in [-0.4, -0.2) is 15.3 Å². The molecule has 0 amide bonds. The normalized spacial score (nSPS) is 11.0. The average molecular weight is 579 g/mol. The van der Waals surface area contributed by atoms with E-state index in [1.54, 1.807) is 12.1 Å². The smallest absolute Gasteiger partial charge is 0.164 e. The summed E-state index contributed by atoms with van der Waals surface area (Å²) in [6, 6.07) is 28.1. The molecule has 206 valence electrons. The van der Waals surface area contributed by atoms with E-state index in [4.69, 9.17) is 9.61 Å². The summed E-state index contributed by atoms with van der Waals surface area (Å²) in [6.45, 7) is 0. The molecule has 0 bridgehead atoms. The molecule has 44 heavy (non-hydrogen) atoms. The molecule has 0 aliphatic carbocycles. The van der Waals surface area contributed by atoms with Gasteiger partial charge in [0.1, 0.15) is 34.3 Å². The van der Waals surface area contributed by atoms with Crippen LogP contribution in [0.25, 0.3) is 66.2 Å². The number of fused-ring (bicyclic) bond motifs is 5. The molecule has 0 radical (unpaired) electrons. The Kier molecular flexibility index (Phi) is 6.02. The Morgan fingerprint density at radius 3 is 1.93 bits per heavy atom. The number of hydrogen-bond donors (Lipinski definition) is 0. The molecule has 7 rings (SSSR count). The predicted molar refractivity (Wildman–Crippen MR) is 155 cm³/mol. The van der Waals surface area contributed by atoms with Crippen molar-refractivity contribution in [3.8, 4) is 51.7 Å². The summed E-state index contributed by atoms with van der Waals surface area (Å²) < 4.78 is 51.0. The Morgan fingerprint density at radius 1 is 0.614 bits per heavy atom. The highest BCUT2D eigenvalue weighted by Crippen LogP contribution is 2.43. The lowest BCUT2D eigenvalue weighted by atomic mass is 9.91. The van der Waals surface area contributed by atoms with Gasteiger partial charge in [0.15, 0.2) is 17.5 Å². The minimum atomic E-state index is -1.58.